The first-order chi connectivity index (χ1) is 6.75. The fraction of sp³-hybridized carbons (Fsp3) is 0.556. The van der Waals surface area contributed by atoms with Gasteiger partial charge in [0.15, 0.2) is 5.13 Å². The smallest absolute Gasteiger partial charge is 0.243 e. The van der Waals surface area contributed by atoms with E-state index in [0.717, 1.165) is 25.1 Å². The normalized spacial score (nSPS) is 21.1. The molecule has 1 amide bonds. The number of hydrogen-bond acceptors (Lipinski definition) is 4. The molecule has 1 aliphatic heterocycles. The Morgan fingerprint density at radius 1 is 1.79 bits per heavy atom. The van der Waals surface area contributed by atoms with Crippen molar-refractivity contribution in [2.75, 3.05) is 11.9 Å². The van der Waals surface area contributed by atoms with Gasteiger partial charge >= 0.3 is 0 Å². The highest BCUT2D eigenvalue weighted by Crippen LogP contribution is 2.15. The number of aromatic nitrogens is 1. The first kappa shape index (κ1) is 9.61. The Hall–Kier alpha value is -0.940. The van der Waals surface area contributed by atoms with Gasteiger partial charge in [-0.3, -0.25) is 4.79 Å². The van der Waals surface area contributed by atoms with E-state index >= 15 is 0 Å². The van der Waals surface area contributed by atoms with Crippen molar-refractivity contribution in [3.63, 3.8) is 0 Å². The van der Waals surface area contributed by atoms with Crippen molar-refractivity contribution in [3.8, 4) is 0 Å². The minimum atomic E-state index is -0.0285. The molecule has 76 valence electrons. The molecule has 1 saturated heterocycles. The molecule has 2 rings (SSSR count). The molecule has 4 nitrogen and oxygen atoms in total. The number of anilines is 1. The van der Waals surface area contributed by atoms with E-state index in [1.165, 1.54) is 11.3 Å². The Kier molecular flexibility index (Phi) is 2.79. The van der Waals surface area contributed by atoms with Gasteiger partial charge in [0.1, 0.15) is 0 Å². The Balaban J connectivity index is 1.93. The van der Waals surface area contributed by atoms with E-state index in [1.54, 1.807) is 0 Å². The third kappa shape index (κ3) is 2.10. The lowest BCUT2D eigenvalue weighted by molar-refractivity contribution is -0.117. The van der Waals surface area contributed by atoms with Gasteiger partial charge in [0, 0.05) is 5.38 Å². The first-order valence-corrected chi connectivity index (χ1v) is 5.60. The second-order valence-electron chi connectivity index (χ2n) is 3.43. The van der Waals surface area contributed by atoms with Crippen molar-refractivity contribution in [1.82, 2.24) is 10.3 Å². The zero-order chi connectivity index (χ0) is 9.97. The van der Waals surface area contributed by atoms with E-state index in [2.05, 4.69) is 15.6 Å². The molecule has 2 heterocycles. The predicted octanol–water partition coefficient (Wildman–Crippen LogP) is 1.14. The monoisotopic (exact) mass is 211 g/mol. The fourth-order valence-corrected chi connectivity index (χ4v) is 2.20. The third-order valence-corrected chi connectivity index (χ3v) is 3.10. The molecule has 1 aliphatic rings. The molecule has 5 heteroatoms. The third-order valence-electron chi connectivity index (χ3n) is 2.23. The molecule has 0 radical (unpaired) electrons. The molecule has 0 saturated carbocycles. The molecule has 0 spiro atoms. The van der Waals surface area contributed by atoms with Crippen molar-refractivity contribution in [2.24, 2.45) is 0 Å². The summed E-state index contributed by atoms with van der Waals surface area (Å²) in [6.07, 6.45) is 2.01. The van der Waals surface area contributed by atoms with E-state index in [1.807, 2.05) is 12.3 Å². The summed E-state index contributed by atoms with van der Waals surface area (Å²) in [4.78, 5) is 15.8. The van der Waals surface area contributed by atoms with Gasteiger partial charge in [0.05, 0.1) is 11.7 Å². The maximum atomic E-state index is 11.6. The summed E-state index contributed by atoms with van der Waals surface area (Å²) < 4.78 is 0. The summed E-state index contributed by atoms with van der Waals surface area (Å²) in [5.74, 6) is 0.0388. The van der Waals surface area contributed by atoms with Crippen LogP contribution in [0.2, 0.25) is 0 Å². The largest absolute Gasteiger partial charge is 0.306 e. The number of nitrogens with zero attached hydrogens (tertiary/aromatic N) is 1. The van der Waals surface area contributed by atoms with Crippen LogP contribution in [0.5, 0.6) is 0 Å². The first-order valence-electron chi connectivity index (χ1n) is 4.72. The number of aryl methyl sites for hydroxylation is 1. The lowest BCUT2D eigenvalue weighted by Gasteiger charge is -2.08. The molecule has 1 aromatic rings. The molecular formula is C9H13N3OS. The van der Waals surface area contributed by atoms with Gasteiger partial charge in [-0.2, -0.15) is 0 Å². The quantitative estimate of drug-likeness (QED) is 0.771. The highest BCUT2D eigenvalue weighted by molar-refractivity contribution is 7.13. The molecule has 1 unspecified atom stereocenters. The average Bonchev–Trinajstić information content (AvgIpc) is 2.75. The Morgan fingerprint density at radius 3 is 3.21 bits per heavy atom. The van der Waals surface area contributed by atoms with Crippen LogP contribution in [0.25, 0.3) is 0 Å². The van der Waals surface area contributed by atoms with Crippen molar-refractivity contribution in [2.45, 2.75) is 25.8 Å². The predicted molar refractivity (Wildman–Crippen MR) is 56.5 cm³/mol. The zero-order valence-corrected chi connectivity index (χ0v) is 8.86. The van der Waals surface area contributed by atoms with Gasteiger partial charge in [-0.05, 0) is 26.3 Å². The number of nitrogens with one attached hydrogen (secondary N) is 2. The Morgan fingerprint density at radius 2 is 2.64 bits per heavy atom. The van der Waals surface area contributed by atoms with E-state index in [9.17, 15) is 4.79 Å². The lowest BCUT2D eigenvalue weighted by atomic mass is 10.2. The number of thiazole rings is 1. The molecule has 0 aliphatic carbocycles. The average molecular weight is 211 g/mol. The van der Waals surface area contributed by atoms with Crippen molar-refractivity contribution in [1.29, 1.82) is 0 Å². The number of amides is 1. The van der Waals surface area contributed by atoms with Crippen molar-refractivity contribution >= 4 is 22.4 Å². The highest BCUT2D eigenvalue weighted by atomic mass is 32.1. The van der Waals surface area contributed by atoms with Crippen LogP contribution in [0.15, 0.2) is 5.38 Å². The van der Waals surface area contributed by atoms with E-state index in [0.29, 0.717) is 5.13 Å². The second kappa shape index (κ2) is 4.06. The van der Waals surface area contributed by atoms with Crippen LogP contribution in [-0.4, -0.2) is 23.5 Å². The highest BCUT2D eigenvalue weighted by Gasteiger charge is 2.22. The van der Waals surface area contributed by atoms with E-state index in [4.69, 9.17) is 0 Å². The van der Waals surface area contributed by atoms with Gasteiger partial charge in [-0.1, -0.05) is 0 Å². The van der Waals surface area contributed by atoms with Crippen molar-refractivity contribution in [3.05, 3.63) is 11.1 Å². The van der Waals surface area contributed by atoms with E-state index < -0.39 is 0 Å². The lowest BCUT2D eigenvalue weighted by Crippen LogP contribution is -2.35. The molecule has 0 aromatic carbocycles. The summed E-state index contributed by atoms with van der Waals surface area (Å²) >= 11 is 1.47. The van der Waals surface area contributed by atoms with E-state index in [-0.39, 0.29) is 11.9 Å². The summed E-state index contributed by atoms with van der Waals surface area (Å²) in [5.41, 5.74) is 0.949. The molecule has 2 N–H and O–H groups in total. The SMILES string of the molecule is Cc1csc(NC(=O)C2CCCN2)n1. The van der Waals surface area contributed by atoms with Gasteiger partial charge in [-0.25, -0.2) is 4.98 Å². The van der Waals surface area contributed by atoms with Crippen LogP contribution >= 0.6 is 11.3 Å². The van der Waals surface area contributed by atoms with Crippen LogP contribution in [-0.2, 0) is 4.79 Å². The molecule has 1 fully saturated rings. The number of carbonyl (C=O) groups is 1. The van der Waals surface area contributed by atoms with Gasteiger partial charge < -0.3 is 10.6 Å². The molecular weight excluding hydrogens is 198 g/mol. The standard InChI is InChI=1S/C9H13N3OS/c1-6-5-14-9(11-6)12-8(13)7-3-2-4-10-7/h5,7,10H,2-4H2,1H3,(H,11,12,13). The van der Waals surface area contributed by atoms with Gasteiger partial charge in [-0.15, -0.1) is 11.3 Å². The number of rotatable bonds is 2. The number of hydrogen-bond donors (Lipinski definition) is 2. The topological polar surface area (TPSA) is 54.0 Å². The maximum Gasteiger partial charge on any atom is 0.243 e. The minimum Gasteiger partial charge on any atom is -0.306 e. The van der Waals surface area contributed by atoms with Crippen LogP contribution in [0.4, 0.5) is 5.13 Å². The van der Waals surface area contributed by atoms with Gasteiger partial charge in [0.25, 0.3) is 0 Å². The minimum absolute atomic E-state index is 0.0285. The summed E-state index contributed by atoms with van der Waals surface area (Å²) in [6.45, 7) is 2.86. The number of carbonyl (C=O) groups excluding carboxylic acids is 1. The molecule has 14 heavy (non-hydrogen) atoms. The van der Waals surface area contributed by atoms with Crippen LogP contribution < -0.4 is 10.6 Å². The summed E-state index contributed by atoms with van der Waals surface area (Å²) in [7, 11) is 0. The second-order valence-corrected chi connectivity index (χ2v) is 4.29. The summed E-state index contributed by atoms with van der Waals surface area (Å²) in [5, 5.41) is 8.58. The summed E-state index contributed by atoms with van der Waals surface area (Å²) in [6, 6.07) is -0.0285. The Labute approximate surface area is 86.7 Å². The maximum absolute atomic E-state index is 11.6. The van der Waals surface area contributed by atoms with Crippen LogP contribution in [0, 0.1) is 6.92 Å². The van der Waals surface area contributed by atoms with Crippen molar-refractivity contribution < 1.29 is 4.79 Å². The Bertz CT molecular complexity index is 331. The molecule has 1 aromatic heterocycles. The van der Waals surface area contributed by atoms with Gasteiger partial charge in [0.2, 0.25) is 5.91 Å². The van der Waals surface area contributed by atoms with Crippen LogP contribution in [0.1, 0.15) is 18.5 Å². The zero-order valence-electron chi connectivity index (χ0n) is 8.04. The molecule has 0 bridgehead atoms. The fourth-order valence-electron chi connectivity index (χ4n) is 1.51. The molecule has 1 atom stereocenters. The van der Waals surface area contributed by atoms with Crippen LogP contribution in [0.3, 0.4) is 0 Å².